The lowest BCUT2D eigenvalue weighted by molar-refractivity contribution is -0.113. The van der Waals surface area contributed by atoms with Gasteiger partial charge in [-0.15, -0.1) is 0 Å². The number of carbonyl (C=O) groups excluding carboxylic acids is 1. The van der Waals surface area contributed by atoms with Gasteiger partial charge in [0.05, 0.1) is 16.3 Å². The summed E-state index contributed by atoms with van der Waals surface area (Å²) in [6.45, 7) is 6.30. The summed E-state index contributed by atoms with van der Waals surface area (Å²) in [5.41, 5.74) is 6.33. The van der Waals surface area contributed by atoms with Crippen molar-refractivity contribution in [3.05, 3.63) is 100.0 Å². The number of aliphatic imine (C=N–C) groups is 1. The van der Waals surface area contributed by atoms with Crippen molar-refractivity contribution >= 4 is 40.3 Å². The predicted octanol–water partition coefficient (Wildman–Crippen LogP) is 6.93. The number of anilines is 1. The van der Waals surface area contributed by atoms with Gasteiger partial charge in [-0.05, 0) is 66.4 Å². The van der Waals surface area contributed by atoms with E-state index in [1.807, 2.05) is 54.6 Å². The van der Waals surface area contributed by atoms with Crippen LogP contribution in [0.15, 0.2) is 82.7 Å². The Bertz CT molecular complexity index is 1160. The van der Waals surface area contributed by atoms with Gasteiger partial charge in [-0.2, -0.15) is 0 Å². The number of amidine groups is 1. The molecule has 0 N–H and O–H groups in total. The van der Waals surface area contributed by atoms with Gasteiger partial charge in [0.2, 0.25) is 0 Å². The molecule has 4 heteroatoms. The number of amides is 1. The van der Waals surface area contributed by atoms with Gasteiger partial charge < -0.3 is 0 Å². The quantitative estimate of drug-likeness (QED) is 0.414. The molecule has 1 heterocycles. The van der Waals surface area contributed by atoms with Crippen molar-refractivity contribution in [2.24, 2.45) is 4.99 Å². The molecule has 3 nitrogen and oxygen atoms in total. The Morgan fingerprint density at radius 2 is 1.52 bits per heavy atom. The first-order valence-corrected chi connectivity index (χ1v) is 11.5. The summed E-state index contributed by atoms with van der Waals surface area (Å²) in [5, 5.41) is 0.699. The zero-order valence-electron chi connectivity index (χ0n) is 18.1. The molecule has 3 aromatic carbocycles. The Kier molecular flexibility index (Phi) is 6.38. The number of rotatable bonds is 5. The first-order valence-electron chi connectivity index (χ1n) is 10.7. The molecule has 1 aliphatic heterocycles. The monoisotopic (exact) mass is 426 g/mol. The van der Waals surface area contributed by atoms with Crippen LogP contribution in [0.1, 0.15) is 36.1 Å². The average molecular weight is 427 g/mol. The third kappa shape index (κ3) is 4.49. The first-order chi connectivity index (χ1) is 15.1. The maximum atomic E-state index is 13.6. The van der Waals surface area contributed by atoms with Crippen molar-refractivity contribution in [2.75, 3.05) is 4.90 Å². The summed E-state index contributed by atoms with van der Waals surface area (Å²) in [7, 11) is 0. The molecule has 0 unspecified atom stereocenters. The number of para-hydroxylation sites is 2. The van der Waals surface area contributed by atoms with E-state index in [-0.39, 0.29) is 5.91 Å². The van der Waals surface area contributed by atoms with E-state index in [2.05, 4.69) is 45.0 Å². The maximum absolute atomic E-state index is 13.6. The highest BCUT2D eigenvalue weighted by Crippen LogP contribution is 2.39. The van der Waals surface area contributed by atoms with Crippen LogP contribution < -0.4 is 4.90 Å². The number of hydrogen-bond donors (Lipinski definition) is 0. The molecule has 1 amide bonds. The molecular formula is C27H26N2OS. The van der Waals surface area contributed by atoms with Gasteiger partial charge in [0, 0.05) is 0 Å². The van der Waals surface area contributed by atoms with Crippen molar-refractivity contribution in [2.45, 2.75) is 33.6 Å². The van der Waals surface area contributed by atoms with Crippen molar-refractivity contribution < 1.29 is 4.79 Å². The molecular weight excluding hydrogens is 400 g/mol. The fourth-order valence-corrected chi connectivity index (χ4v) is 4.61. The SMILES string of the molecule is CCc1ccccc1N=C1S/C(=C\c2ccc(C)cc2)C(=O)N1c1ccccc1CC. The van der Waals surface area contributed by atoms with Crippen LogP contribution >= 0.6 is 11.8 Å². The molecule has 156 valence electrons. The number of hydrogen-bond acceptors (Lipinski definition) is 3. The van der Waals surface area contributed by atoms with Gasteiger partial charge in [0.15, 0.2) is 5.17 Å². The summed E-state index contributed by atoms with van der Waals surface area (Å²) >= 11 is 1.44. The molecule has 1 saturated heterocycles. The zero-order chi connectivity index (χ0) is 21.8. The van der Waals surface area contributed by atoms with Crippen LogP contribution in [0, 0.1) is 6.92 Å². The second kappa shape index (κ2) is 9.36. The van der Waals surface area contributed by atoms with Crippen LogP contribution in [-0.2, 0) is 17.6 Å². The maximum Gasteiger partial charge on any atom is 0.271 e. The highest BCUT2D eigenvalue weighted by atomic mass is 32.2. The van der Waals surface area contributed by atoms with E-state index in [0.717, 1.165) is 35.3 Å². The molecule has 0 atom stereocenters. The van der Waals surface area contributed by atoms with Crippen molar-refractivity contribution in [1.29, 1.82) is 0 Å². The number of benzene rings is 3. The number of aryl methyl sites for hydroxylation is 3. The Labute approximate surface area is 188 Å². The van der Waals surface area contributed by atoms with Gasteiger partial charge in [-0.3, -0.25) is 9.69 Å². The molecule has 0 bridgehead atoms. The molecule has 0 spiro atoms. The van der Waals surface area contributed by atoms with Gasteiger partial charge in [-0.1, -0.05) is 80.1 Å². The lowest BCUT2D eigenvalue weighted by atomic mass is 10.1. The van der Waals surface area contributed by atoms with E-state index in [0.29, 0.717) is 10.1 Å². The van der Waals surface area contributed by atoms with Crippen molar-refractivity contribution in [1.82, 2.24) is 0 Å². The van der Waals surface area contributed by atoms with E-state index in [9.17, 15) is 4.79 Å². The molecule has 1 aliphatic rings. The van der Waals surface area contributed by atoms with Gasteiger partial charge in [0.1, 0.15) is 0 Å². The Morgan fingerprint density at radius 1 is 0.871 bits per heavy atom. The lowest BCUT2D eigenvalue weighted by Crippen LogP contribution is -2.29. The lowest BCUT2D eigenvalue weighted by Gasteiger charge is -2.19. The van der Waals surface area contributed by atoms with Crippen molar-refractivity contribution in [3.63, 3.8) is 0 Å². The highest BCUT2D eigenvalue weighted by Gasteiger charge is 2.35. The molecule has 0 aliphatic carbocycles. The normalized spacial score (nSPS) is 16.5. The van der Waals surface area contributed by atoms with E-state index in [1.54, 1.807) is 4.90 Å². The van der Waals surface area contributed by atoms with E-state index in [4.69, 9.17) is 4.99 Å². The van der Waals surface area contributed by atoms with Crippen LogP contribution in [0.5, 0.6) is 0 Å². The molecule has 1 fully saturated rings. The topological polar surface area (TPSA) is 32.7 Å². The van der Waals surface area contributed by atoms with Crippen LogP contribution in [0.25, 0.3) is 6.08 Å². The van der Waals surface area contributed by atoms with Crippen molar-refractivity contribution in [3.8, 4) is 0 Å². The molecule has 0 saturated carbocycles. The molecule has 31 heavy (non-hydrogen) atoms. The molecule has 0 radical (unpaired) electrons. The second-order valence-corrected chi connectivity index (χ2v) is 8.53. The fourth-order valence-electron chi connectivity index (χ4n) is 3.63. The van der Waals surface area contributed by atoms with Crippen LogP contribution in [0.2, 0.25) is 0 Å². The Balaban J connectivity index is 1.83. The molecule has 0 aromatic heterocycles. The van der Waals surface area contributed by atoms with E-state index >= 15 is 0 Å². The largest absolute Gasteiger partial charge is 0.271 e. The third-order valence-corrected chi connectivity index (χ3v) is 6.35. The van der Waals surface area contributed by atoms with Crippen LogP contribution in [0.4, 0.5) is 11.4 Å². The summed E-state index contributed by atoms with van der Waals surface area (Å²) in [4.78, 5) is 21.0. The summed E-state index contributed by atoms with van der Waals surface area (Å²) in [6.07, 6.45) is 3.70. The summed E-state index contributed by atoms with van der Waals surface area (Å²) in [5.74, 6) is -0.0285. The minimum absolute atomic E-state index is 0.0285. The minimum Gasteiger partial charge on any atom is -0.268 e. The van der Waals surface area contributed by atoms with Crippen LogP contribution in [0.3, 0.4) is 0 Å². The third-order valence-electron chi connectivity index (χ3n) is 5.38. The summed E-state index contributed by atoms with van der Waals surface area (Å²) < 4.78 is 0. The standard InChI is InChI=1S/C27H26N2OS/c1-4-21-10-6-8-12-23(21)28-27-29(24-13-9-7-11-22(24)5-2)26(30)25(31-27)18-20-16-14-19(3)15-17-20/h6-18H,4-5H2,1-3H3/b25-18-,28-27?. The minimum atomic E-state index is -0.0285. The Morgan fingerprint density at radius 3 is 2.23 bits per heavy atom. The second-order valence-electron chi connectivity index (χ2n) is 7.52. The fraction of sp³-hybridized carbons (Fsp3) is 0.185. The average Bonchev–Trinajstić information content (AvgIpc) is 3.10. The number of carbonyl (C=O) groups is 1. The zero-order valence-corrected chi connectivity index (χ0v) is 18.9. The predicted molar refractivity (Wildman–Crippen MR) is 133 cm³/mol. The Hall–Kier alpha value is -3.11. The van der Waals surface area contributed by atoms with Gasteiger partial charge in [-0.25, -0.2) is 4.99 Å². The number of thioether (sulfide) groups is 1. The highest BCUT2D eigenvalue weighted by molar-refractivity contribution is 8.19. The first kappa shape index (κ1) is 21.1. The molecule has 3 aromatic rings. The molecule has 4 rings (SSSR count). The van der Waals surface area contributed by atoms with E-state index in [1.165, 1.54) is 22.9 Å². The van der Waals surface area contributed by atoms with Gasteiger partial charge >= 0.3 is 0 Å². The van der Waals surface area contributed by atoms with E-state index < -0.39 is 0 Å². The van der Waals surface area contributed by atoms with Gasteiger partial charge in [0.25, 0.3) is 5.91 Å². The van der Waals surface area contributed by atoms with Crippen LogP contribution in [-0.4, -0.2) is 11.1 Å². The summed E-state index contributed by atoms with van der Waals surface area (Å²) in [6, 6.07) is 24.4. The smallest absolute Gasteiger partial charge is 0.268 e. The number of nitrogens with zero attached hydrogens (tertiary/aromatic N) is 2.